The number of aromatic nitrogens is 2. The van der Waals surface area contributed by atoms with Gasteiger partial charge in [-0.3, -0.25) is 9.59 Å². The van der Waals surface area contributed by atoms with E-state index in [0.717, 1.165) is 12.1 Å². The maximum atomic E-state index is 12.6. The van der Waals surface area contributed by atoms with Crippen LogP contribution in [0.15, 0.2) is 39.8 Å². The number of H-pyrrole nitrogens is 1. The summed E-state index contributed by atoms with van der Waals surface area (Å²) in [6, 6.07) is 8.01. The molecule has 1 amide bonds. The van der Waals surface area contributed by atoms with Gasteiger partial charge in [-0.1, -0.05) is 24.3 Å². The van der Waals surface area contributed by atoms with Gasteiger partial charge in [0.05, 0.1) is 11.9 Å². The fraction of sp³-hybridized carbons (Fsp3) is 0.278. The van der Waals surface area contributed by atoms with Gasteiger partial charge in [0.25, 0.3) is 11.5 Å². The minimum Gasteiger partial charge on any atom is -0.442 e. The van der Waals surface area contributed by atoms with E-state index in [-0.39, 0.29) is 28.1 Å². The lowest BCUT2D eigenvalue weighted by Crippen LogP contribution is -2.24. The lowest BCUT2D eigenvalue weighted by molar-refractivity contribution is 0.0950. The van der Waals surface area contributed by atoms with Crippen molar-refractivity contribution in [3.63, 3.8) is 0 Å². The molecule has 2 aromatic heterocycles. The molecule has 25 heavy (non-hydrogen) atoms. The molecule has 3 aromatic rings. The number of furan rings is 1. The van der Waals surface area contributed by atoms with Gasteiger partial charge < -0.3 is 19.6 Å². The van der Waals surface area contributed by atoms with Crippen molar-refractivity contribution in [3.8, 4) is 0 Å². The predicted molar refractivity (Wildman–Crippen MR) is 94.4 cm³/mol. The highest BCUT2D eigenvalue weighted by atomic mass is 16.3. The van der Waals surface area contributed by atoms with Crippen molar-refractivity contribution in [2.45, 2.75) is 20.0 Å². The van der Waals surface area contributed by atoms with E-state index in [4.69, 9.17) is 4.42 Å². The average molecular weight is 340 g/mol. The second kappa shape index (κ2) is 6.90. The molecule has 0 unspecified atom stereocenters. The molecule has 0 saturated heterocycles. The Bertz CT molecular complexity index is 972. The van der Waals surface area contributed by atoms with Crippen LogP contribution in [0.5, 0.6) is 0 Å². The molecule has 0 aliphatic heterocycles. The molecule has 7 nitrogen and oxygen atoms in total. The van der Waals surface area contributed by atoms with Gasteiger partial charge in [0.2, 0.25) is 5.71 Å². The van der Waals surface area contributed by atoms with E-state index in [1.165, 1.54) is 11.9 Å². The number of aryl methyl sites for hydroxylation is 1. The van der Waals surface area contributed by atoms with Gasteiger partial charge >= 0.3 is 0 Å². The Morgan fingerprint density at radius 2 is 2.08 bits per heavy atom. The molecule has 130 valence electrons. The number of rotatable bonds is 5. The van der Waals surface area contributed by atoms with Crippen LogP contribution >= 0.6 is 0 Å². The van der Waals surface area contributed by atoms with E-state index >= 15 is 0 Å². The van der Waals surface area contributed by atoms with Gasteiger partial charge in [-0.2, -0.15) is 0 Å². The normalized spacial score (nSPS) is 11.2. The van der Waals surface area contributed by atoms with Crippen molar-refractivity contribution in [2.75, 3.05) is 14.1 Å². The van der Waals surface area contributed by atoms with Crippen LogP contribution in [0.25, 0.3) is 11.1 Å². The molecular weight excluding hydrogens is 320 g/mol. The first-order chi connectivity index (χ1) is 12.0. The number of fused-ring (bicyclic) bond motifs is 1. The monoisotopic (exact) mass is 340 g/mol. The topological polar surface area (TPSA) is 91.2 Å². The van der Waals surface area contributed by atoms with E-state index < -0.39 is 0 Å². The third kappa shape index (κ3) is 3.61. The zero-order valence-corrected chi connectivity index (χ0v) is 14.4. The second-order valence-electron chi connectivity index (χ2n) is 6.19. The third-order valence-electron chi connectivity index (χ3n) is 3.84. The lowest BCUT2D eigenvalue weighted by atomic mass is 10.1. The fourth-order valence-electron chi connectivity index (χ4n) is 2.80. The Morgan fingerprint density at radius 1 is 1.32 bits per heavy atom. The molecule has 3 rings (SSSR count). The average Bonchev–Trinajstić information content (AvgIpc) is 2.90. The molecule has 0 aliphatic carbocycles. The molecular formula is C18H20N4O3. The maximum Gasteiger partial charge on any atom is 0.262 e. The Morgan fingerprint density at radius 3 is 2.84 bits per heavy atom. The predicted octanol–water partition coefficient (Wildman–Crippen LogP) is 1.82. The highest BCUT2D eigenvalue weighted by Gasteiger charge is 2.21. The van der Waals surface area contributed by atoms with Crippen LogP contribution in [0.1, 0.15) is 27.2 Å². The summed E-state index contributed by atoms with van der Waals surface area (Å²) in [5.41, 5.74) is 2.17. The summed E-state index contributed by atoms with van der Waals surface area (Å²) in [4.78, 5) is 33.1. The number of hydrogen-bond acceptors (Lipinski definition) is 5. The molecule has 1 aromatic carbocycles. The lowest BCUT2D eigenvalue weighted by Gasteiger charge is -2.11. The van der Waals surface area contributed by atoms with Crippen molar-refractivity contribution < 1.29 is 9.21 Å². The first-order valence-electron chi connectivity index (χ1n) is 7.93. The molecule has 0 radical (unpaired) electrons. The van der Waals surface area contributed by atoms with E-state index in [2.05, 4.69) is 26.3 Å². The summed E-state index contributed by atoms with van der Waals surface area (Å²) >= 11 is 0. The molecule has 2 heterocycles. The van der Waals surface area contributed by atoms with Crippen molar-refractivity contribution >= 4 is 17.0 Å². The van der Waals surface area contributed by atoms with Crippen LogP contribution in [-0.2, 0) is 13.1 Å². The number of nitrogens with one attached hydrogen (secondary N) is 2. The Kier molecular flexibility index (Phi) is 4.67. The summed E-state index contributed by atoms with van der Waals surface area (Å²) < 4.78 is 5.42. The van der Waals surface area contributed by atoms with Gasteiger partial charge in [0.15, 0.2) is 0 Å². The number of hydrogen-bond donors (Lipinski definition) is 2. The fourth-order valence-corrected chi connectivity index (χ4v) is 2.80. The van der Waals surface area contributed by atoms with Crippen LogP contribution in [-0.4, -0.2) is 34.9 Å². The first-order valence-corrected chi connectivity index (χ1v) is 7.93. The zero-order chi connectivity index (χ0) is 18.0. The summed E-state index contributed by atoms with van der Waals surface area (Å²) in [5.74, 6) is 0.0193. The largest absolute Gasteiger partial charge is 0.442 e. The van der Waals surface area contributed by atoms with E-state index in [1.807, 2.05) is 32.3 Å². The number of carbonyl (C=O) groups excluding carboxylic acids is 1. The number of aromatic amines is 1. The third-order valence-corrected chi connectivity index (χ3v) is 3.84. The highest BCUT2D eigenvalue weighted by molar-refractivity contribution is 6.06. The van der Waals surface area contributed by atoms with Crippen LogP contribution in [0.3, 0.4) is 0 Å². The summed E-state index contributed by atoms with van der Waals surface area (Å²) in [5, 5.41) is 3.03. The molecule has 0 fully saturated rings. The van der Waals surface area contributed by atoms with E-state index in [1.54, 1.807) is 6.92 Å². The van der Waals surface area contributed by atoms with Gasteiger partial charge in [0.1, 0.15) is 11.1 Å². The van der Waals surface area contributed by atoms with Gasteiger partial charge in [-0.05, 0) is 32.1 Å². The van der Waals surface area contributed by atoms with Crippen molar-refractivity contribution in [1.82, 2.24) is 20.2 Å². The van der Waals surface area contributed by atoms with Crippen LogP contribution < -0.4 is 10.9 Å². The molecule has 0 spiro atoms. The maximum absolute atomic E-state index is 12.6. The quantitative estimate of drug-likeness (QED) is 0.739. The Balaban J connectivity index is 1.80. The standard InChI is InChI=1S/C18H20N4O3/c1-11-14(15-17(24)20-10-21-18(15)25-11)16(23)19-8-12-5-4-6-13(7-12)9-22(2)3/h4-7,10H,8-9H2,1-3H3,(H,19,23)(H,20,21,24). The van der Waals surface area contributed by atoms with Crippen LogP contribution in [0, 0.1) is 6.92 Å². The van der Waals surface area contributed by atoms with Gasteiger partial charge in [0, 0.05) is 13.1 Å². The van der Waals surface area contributed by atoms with Crippen LogP contribution in [0.4, 0.5) is 0 Å². The zero-order valence-electron chi connectivity index (χ0n) is 14.4. The minimum atomic E-state index is -0.389. The smallest absolute Gasteiger partial charge is 0.262 e. The SMILES string of the molecule is Cc1oc2nc[nH]c(=O)c2c1C(=O)NCc1cccc(CN(C)C)c1. The number of carbonyl (C=O) groups is 1. The van der Waals surface area contributed by atoms with Crippen LogP contribution in [0.2, 0.25) is 0 Å². The molecule has 7 heteroatoms. The Labute approximate surface area is 144 Å². The first kappa shape index (κ1) is 16.9. The van der Waals surface area contributed by atoms with E-state index in [0.29, 0.717) is 12.3 Å². The second-order valence-corrected chi connectivity index (χ2v) is 6.19. The molecule has 0 saturated carbocycles. The van der Waals surface area contributed by atoms with Crippen molar-refractivity contribution in [2.24, 2.45) is 0 Å². The Hall–Kier alpha value is -2.93. The highest BCUT2D eigenvalue weighted by Crippen LogP contribution is 2.20. The number of benzene rings is 1. The molecule has 0 atom stereocenters. The molecule has 0 bridgehead atoms. The number of amides is 1. The molecule has 2 N–H and O–H groups in total. The van der Waals surface area contributed by atoms with Gasteiger partial charge in [-0.25, -0.2) is 4.98 Å². The minimum absolute atomic E-state index is 0.166. The van der Waals surface area contributed by atoms with E-state index in [9.17, 15) is 9.59 Å². The van der Waals surface area contributed by atoms with Crippen molar-refractivity contribution in [3.05, 3.63) is 63.4 Å². The molecule has 0 aliphatic rings. The van der Waals surface area contributed by atoms with Crippen molar-refractivity contribution in [1.29, 1.82) is 0 Å². The number of nitrogens with zero attached hydrogens (tertiary/aromatic N) is 2. The summed E-state index contributed by atoms with van der Waals surface area (Å²) in [6.45, 7) is 2.84. The van der Waals surface area contributed by atoms with Gasteiger partial charge in [-0.15, -0.1) is 0 Å². The summed E-state index contributed by atoms with van der Waals surface area (Å²) in [6.07, 6.45) is 1.26. The summed E-state index contributed by atoms with van der Waals surface area (Å²) in [7, 11) is 4.01.